The van der Waals surface area contributed by atoms with Crippen molar-refractivity contribution in [1.29, 1.82) is 0 Å². The monoisotopic (exact) mass is 263 g/mol. The fourth-order valence-electron chi connectivity index (χ4n) is 1.65. The van der Waals surface area contributed by atoms with Gasteiger partial charge in [0.2, 0.25) is 0 Å². The molecule has 0 fully saturated rings. The molecular weight excluding hydrogens is 246 g/mol. The summed E-state index contributed by atoms with van der Waals surface area (Å²) < 4.78 is 10.5. The number of rotatable bonds is 4. The second-order valence-corrected chi connectivity index (χ2v) is 5.16. The Morgan fingerprint density at radius 2 is 1.83 bits per heavy atom. The Morgan fingerprint density at radius 3 is 2.39 bits per heavy atom. The van der Waals surface area contributed by atoms with Gasteiger partial charge in [0, 0.05) is 10.9 Å². The highest BCUT2D eigenvalue weighted by Gasteiger charge is 2.10. The van der Waals surface area contributed by atoms with E-state index >= 15 is 0 Å². The summed E-state index contributed by atoms with van der Waals surface area (Å²) in [6.45, 7) is 4.29. The number of methoxy groups -OCH3 is 2. The number of thiazole rings is 1. The Bertz CT molecular complexity index is 534. The topological polar surface area (TPSA) is 31.4 Å². The smallest absolute Gasteiger partial charge is 0.161 e. The molecule has 0 N–H and O–H groups in total. The highest BCUT2D eigenvalue weighted by molar-refractivity contribution is 7.13. The lowest BCUT2D eigenvalue weighted by Crippen LogP contribution is -1.91. The van der Waals surface area contributed by atoms with E-state index in [-0.39, 0.29) is 0 Å². The van der Waals surface area contributed by atoms with Crippen molar-refractivity contribution in [3.8, 4) is 22.1 Å². The molecule has 0 radical (unpaired) electrons. The first-order chi connectivity index (χ1) is 8.65. The van der Waals surface area contributed by atoms with E-state index < -0.39 is 0 Å². The van der Waals surface area contributed by atoms with Crippen LogP contribution in [0.1, 0.15) is 25.5 Å². The molecular formula is C14H17NO2S. The van der Waals surface area contributed by atoms with Gasteiger partial charge in [-0.1, -0.05) is 13.8 Å². The molecule has 2 aromatic rings. The van der Waals surface area contributed by atoms with Gasteiger partial charge in [0.25, 0.3) is 0 Å². The van der Waals surface area contributed by atoms with Gasteiger partial charge in [0.15, 0.2) is 11.5 Å². The maximum atomic E-state index is 5.30. The van der Waals surface area contributed by atoms with Crippen LogP contribution in [0, 0.1) is 0 Å². The lowest BCUT2D eigenvalue weighted by atomic mass is 10.1. The van der Waals surface area contributed by atoms with Crippen LogP contribution in [0.15, 0.2) is 23.6 Å². The second kappa shape index (κ2) is 5.40. The maximum Gasteiger partial charge on any atom is 0.161 e. The van der Waals surface area contributed by atoms with Crippen LogP contribution in [-0.4, -0.2) is 19.2 Å². The van der Waals surface area contributed by atoms with Gasteiger partial charge in [0.1, 0.15) is 5.01 Å². The van der Waals surface area contributed by atoms with Gasteiger partial charge in [-0.25, -0.2) is 4.98 Å². The first-order valence-electron chi connectivity index (χ1n) is 5.83. The summed E-state index contributed by atoms with van der Waals surface area (Å²) in [6.07, 6.45) is 0. The van der Waals surface area contributed by atoms with E-state index in [0.717, 1.165) is 27.8 Å². The van der Waals surface area contributed by atoms with Crippen molar-refractivity contribution in [3.05, 3.63) is 29.3 Å². The second-order valence-electron chi connectivity index (χ2n) is 4.30. The van der Waals surface area contributed by atoms with Crippen molar-refractivity contribution in [2.45, 2.75) is 19.8 Å². The molecule has 3 nitrogen and oxygen atoms in total. The fourth-order valence-corrected chi connectivity index (χ4v) is 2.63. The molecule has 1 heterocycles. The molecule has 1 aromatic carbocycles. The molecule has 0 saturated heterocycles. The molecule has 0 spiro atoms. The van der Waals surface area contributed by atoms with Gasteiger partial charge in [-0.3, -0.25) is 0 Å². The minimum atomic E-state index is 0.454. The zero-order valence-corrected chi connectivity index (χ0v) is 11.9. The lowest BCUT2D eigenvalue weighted by molar-refractivity contribution is 0.355. The Morgan fingerprint density at radius 1 is 1.11 bits per heavy atom. The Hall–Kier alpha value is -1.55. The minimum absolute atomic E-state index is 0.454. The van der Waals surface area contributed by atoms with Crippen molar-refractivity contribution in [1.82, 2.24) is 4.98 Å². The van der Waals surface area contributed by atoms with Crippen LogP contribution in [0.3, 0.4) is 0 Å². The van der Waals surface area contributed by atoms with E-state index in [1.807, 2.05) is 18.2 Å². The van der Waals surface area contributed by atoms with Crippen LogP contribution in [0.5, 0.6) is 11.5 Å². The van der Waals surface area contributed by atoms with Gasteiger partial charge in [-0.15, -0.1) is 11.3 Å². The average Bonchev–Trinajstić information content (AvgIpc) is 2.87. The van der Waals surface area contributed by atoms with Crippen LogP contribution in [-0.2, 0) is 0 Å². The summed E-state index contributed by atoms with van der Waals surface area (Å²) in [5.74, 6) is 1.92. The molecule has 0 bridgehead atoms. The predicted molar refractivity (Wildman–Crippen MR) is 74.7 cm³/mol. The van der Waals surface area contributed by atoms with Crippen LogP contribution >= 0.6 is 11.3 Å². The summed E-state index contributed by atoms with van der Waals surface area (Å²) in [5.41, 5.74) is 2.19. The first kappa shape index (κ1) is 12.9. The van der Waals surface area contributed by atoms with Gasteiger partial charge in [-0.2, -0.15) is 0 Å². The zero-order chi connectivity index (χ0) is 13.1. The fraction of sp³-hybridized carbons (Fsp3) is 0.357. The Kier molecular flexibility index (Phi) is 3.87. The van der Waals surface area contributed by atoms with Crippen LogP contribution in [0.4, 0.5) is 0 Å². The number of nitrogens with zero attached hydrogens (tertiary/aromatic N) is 1. The molecule has 18 heavy (non-hydrogen) atoms. The predicted octanol–water partition coefficient (Wildman–Crippen LogP) is 3.95. The summed E-state index contributed by atoms with van der Waals surface area (Å²) in [6, 6.07) is 5.87. The SMILES string of the molecule is COc1ccc(-c2nc(C(C)C)cs2)cc1OC. The molecule has 0 saturated carbocycles. The van der Waals surface area contributed by atoms with E-state index in [2.05, 4.69) is 24.2 Å². The molecule has 2 rings (SSSR count). The van der Waals surface area contributed by atoms with Crippen molar-refractivity contribution >= 4 is 11.3 Å². The van der Waals surface area contributed by atoms with E-state index in [9.17, 15) is 0 Å². The molecule has 96 valence electrons. The molecule has 0 aliphatic heterocycles. The summed E-state index contributed by atoms with van der Waals surface area (Å²) in [7, 11) is 3.28. The van der Waals surface area contributed by atoms with Gasteiger partial charge in [0.05, 0.1) is 19.9 Å². The molecule has 0 unspecified atom stereocenters. The summed E-state index contributed by atoms with van der Waals surface area (Å²) in [5, 5.41) is 3.12. The quantitative estimate of drug-likeness (QED) is 0.837. The van der Waals surface area contributed by atoms with Crippen LogP contribution in [0.25, 0.3) is 10.6 Å². The number of hydrogen-bond acceptors (Lipinski definition) is 4. The third-order valence-corrected chi connectivity index (χ3v) is 3.65. The van der Waals surface area contributed by atoms with Gasteiger partial charge < -0.3 is 9.47 Å². The molecule has 0 atom stereocenters. The van der Waals surface area contributed by atoms with E-state index in [4.69, 9.17) is 9.47 Å². The van der Waals surface area contributed by atoms with Crippen molar-refractivity contribution < 1.29 is 9.47 Å². The highest BCUT2D eigenvalue weighted by atomic mass is 32.1. The number of ether oxygens (including phenoxy) is 2. The standard InChI is InChI=1S/C14H17NO2S/c1-9(2)11-8-18-14(15-11)10-5-6-12(16-3)13(7-10)17-4/h5-9H,1-4H3. The molecule has 0 aliphatic carbocycles. The molecule has 1 aromatic heterocycles. The van der Waals surface area contributed by atoms with Gasteiger partial charge in [-0.05, 0) is 24.1 Å². The third-order valence-electron chi connectivity index (χ3n) is 2.74. The van der Waals surface area contributed by atoms with Gasteiger partial charge >= 0.3 is 0 Å². The van der Waals surface area contributed by atoms with Crippen LogP contribution < -0.4 is 9.47 Å². The van der Waals surface area contributed by atoms with Crippen molar-refractivity contribution in [2.24, 2.45) is 0 Å². The summed E-state index contributed by atoms with van der Waals surface area (Å²) >= 11 is 1.66. The average molecular weight is 263 g/mol. The van der Waals surface area contributed by atoms with Crippen LogP contribution in [0.2, 0.25) is 0 Å². The summed E-state index contributed by atoms with van der Waals surface area (Å²) in [4.78, 5) is 4.63. The third kappa shape index (κ3) is 2.48. The largest absolute Gasteiger partial charge is 0.493 e. The minimum Gasteiger partial charge on any atom is -0.493 e. The number of benzene rings is 1. The maximum absolute atomic E-state index is 5.30. The normalized spacial score (nSPS) is 10.7. The number of hydrogen-bond donors (Lipinski definition) is 0. The molecule has 4 heteroatoms. The lowest BCUT2D eigenvalue weighted by Gasteiger charge is -2.08. The Labute approximate surface area is 111 Å². The Balaban J connectivity index is 2.38. The zero-order valence-electron chi connectivity index (χ0n) is 11.1. The molecule has 0 aliphatic rings. The van der Waals surface area contributed by atoms with E-state index in [0.29, 0.717) is 5.92 Å². The van der Waals surface area contributed by atoms with Crippen molar-refractivity contribution in [2.75, 3.05) is 14.2 Å². The van der Waals surface area contributed by atoms with E-state index in [1.165, 1.54) is 0 Å². The first-order valence-corrected chi connectivity index (χ1v) is 6.71. The molecule has 0 amide bonds. The van der Waals surface area contributed by atoms with Crippen molar-refractivity contribution in [3.63, 3.8) is 0 Å². The number of aromatic nitrogens is 1. The highest BCUT2D eigenvalue weighted by Crippen LogP contribution is 2.34. The van der Waals surface area contributed by atoms with E-state index in [1.54, 1.807) is 25.6 Å².